The van der Waals surface area contributed by atoms with Crippen LogP contribution in [0.4, 0.5) is 10.5 Å². The molecule has 0 saturated carbocycles. The molecule has 0 aliphatic carbocycles. The number of para-hydroxylation sites is 2. The molecule has 0 unspecified atom stereocenters. The molecule has 2 heterocycles. The summed E-state index contributed by atoms with van der Waals surface area (Å²) in [7, 11) is -4.49. The van der Waals surface area contributed by atoms with E-state index in [1.54, 1.807) is 54.6 Å². The SMILES string of the molecule is O=C(OCc1ccccc1)N1c2ccccc2[C@H](C[N+](=O)[O-])N2[C@@H]1c1ccccc1OS2(=O)=O. The number of benzene rings is 3. The number of hydrogen-bond acceptors (Lipinski definition) is 7. The van der Waals surface area contributed by atoms with Crippen LogP contribution in [0.3, 0.4) is 0 Å². The van der Waals surface area contributed by atoms with Gasteiger partial charge in [0.2, 0.25) is 6.54 Å². The van der Waals surface area contributed by atoms with E-state index >= 15 is 0 Å². The highest BCUT2D eigenvalue weighted by molar-refractivity contribution is 7.84. The van der Waals surface area contributed by atoms with Gasteiger partial charge in [0.1, 0.15) is 18.8 Å². The Morgan fingerprint density at radius 3 is 2.35 bits per heavy atom. The molecule has 0 saturated heterocycles. The molecule has 3 aromatic carbocycles. The second-order valence-electron chi connectivity index (χ2n) is 7.78. The lowest BCUT2D eigenvalue weighted by Crippen LogP contribution is -2.56. The molecule has 0 N–H and O–H groups in total. The minimum atomic E-state index is -4.49. The van der Waals surface area contributed by atoms with Crippen LogP contribution < -0.4 is 9.08 Å². The van der Waals surface area contributed by atoms with Gasteiger partial charge < -0.3 is 8.92 Å². The largest absolute Gasteiger partial charge is 0.444 e. The van der Waals surface area contributed by atoms with Crippen LogP contribution in [-0.2, 0) is 21.6 Å². The van der Waals surface area contributed by atoms with Crippen molar-refractivity contribution in [3.63, 3.8) is 0 Å². The minimum absolute atomic E-state index is 0.0334. The summed E-state index contributed by atoms with van der Waals surface area (Å²) >= 11 is 0. The number of carbonyl (C=O) groups excluding carboxylic acids is 1. The summed E-state index contributed by atoms with van der Waals surface area (Å²) in [6.07, 6.45) is -2.02. The molecule has 3 aromatic rings. The zero-order valence-corrected chi connectivity index (χ0v) is 18.5. The van der Waals surface area contributed by atoms with Gasteiger partial charge in [-0.2, -0.15) is 8.42 Å². The second kappa shape index (κ2) is 8.43. The molecule has 0 bridgehead atoms. The number of anilines is 1. The smallest absolute Gasteiger partial charge is 0.416 e. The average Bonchev–Trinajstić information content (AvgIpc) is 2.82. The Bertz CT molecular complexity index is 1360. The molecule has 2 aliphatic heterocycles. The number of hydrogen-bond donors (Lipinski definition) is 0. The number of ether oxygens (including phenoxy) is 1. The number of carbonyl (C=O) groups is 1. The van der Waals surface area contributed by atoms with E-state index in [1.807, 2.05) is 18.2 Å². The molecule has 10 nitrogen and oxygen atoms in total. The molecule has 2 atom stereocenters. The van der Waals surface area contributed by atoms with E-state index in [0.717, 1.165) is 9.87 Å². The zero-order valence-electron chi connectivity index (χ0n) is 17.7. The van der Waals surface area contributed by atoms with Gasteiger partial charge in [-0.05, 0) is 17.7 Å². The van der Waals surface area contributed by atoms with E-state index in [0.29, 0.717) is 16.8 Å². The van der Waals surface area contributed by atoms with Crippen LogP contribution in [0.1, 0.15) is 28.9 Å². The first kappa shape index (κ1) is 21.9. The monoisotopic (exact) mass is 481 g/mol. The van der Waals surface area contributed by atoms with Gasteiger partial charge in [-0.3, -0.25) is 15.0 Å². The van der Waals surface area contributed by atoms with E-state index in [1.165, 1.54) is 11.0 Å². The summed E-state index contributed by atoms with van der Waals surface area (Å²) in [4.78, 5) is 25.6. The Kier molecular flexibility index (Phi) is 5.42. The molecule has 0 aromatic heterocycles. The van der Waals surface area contributed by atoms with Crippen molar-refractivity contribution < 1.29 is 27.1 Å². The van der Waals surface area contributed by atoms with Gasteiger partial charge in [0.05, 0.1) is 5.69 Å². The van der Waals surface area contributed by atoms with Crippen LogP contribution in [-0.4, -0.2) is 30.3 Å². The van der Waals surface area contributed by atoms with E-state index in [9.17, 15) is 23.3 Å². The molecule has 0 spiro atoms. The molecular weight excluding hydrogens is 462 g/mol. The Balaban J connectivity index is 1.66. The van der Waals surface area contributed by atoms with Crippen LogP contribution in [0.15, 0.2) is 78.9 Å². The normalized spacial score (nSPS) is 20.3. The zero-order chi connectivity index (χ0) is 23.9. The molecule has 34 heavy (non-hydrogen) atoms. The van der Waals surface area contributed by atoms with Gasteiger partial charge in [0.25, 0.3) is 0 Å². The van der Waals surface area contributed by atoms with E-state index in [-0.39, 0.29) is 12.4 Å². The first-order chi connectivity index (χ1) is 16.4. The topological polar surface area (TPSA) is 119 Å². The molecular formula is C23H19N3O7S. The van der Waals surface area contributed by atoms with Gasteiger partial charge in [-0.15, -0.1) is 4.31 Å². The second-order valence-corrected chi connectivity index (χ2v) is 9.23. The highest BCUT2D eigenvalue weighted by atomic mass is 32.2. The molecule has 2 aliphatic rings. The Morgan fingerprint density at radius 2 is 1.62 bits per heavy atom. The predicted octanol–water partition coefficient (Wildman–Crippen LogP) is 3.80. The lowest BCUT2D eigenvalue weighted by Gasteiger charge is -2.47. The highest BCUT2D eigenvalue weighted by Crippen LogP contribution is 2.51. The fraction of sp³-hybridized carbons (Fsp3) is 0.174. The maximum absolute atomic E-state index is 13.4. The maximum atomic E-state index is 13.4. The fourth-order valence-electron chi connectivity index (χ4n) is 4.33. The van der Waals surface area contributed by atoms with Crippen molar-refractivity contribution in [1.82, 2.24) is 4.31 Å². The molecule has 174 valence electrons. The van der Waals surface area contributed by atoms with Gasteiger partial charge in [-0.25, -0.2) is 4.79 Å². The highest BCUT2D eigenvalue weighted by Gasteiger charge is 2.54. The minimum Gasteiger partial charge on any atom is -0.444 e. The predicted molar refractivity (Wildman–Crippen MR) is 121 cm³/mol. The van der Waals surface area contributed by atoms with Crippen molar-refractivity contribution in [2.24, 2.45) is 0 Å². The summed E-state index contributed by atoms with van der Waals surface area (Å²) in [5, 5.41) is 11.5. The number of nitro groups is 1. The van der Waals surface area contributed by atoms with Gasteiger partial charge in [-0.1, -0.05) is 66.7 Å². The van der Waals surface area contributed by atoms with Crippen LogP contribution in [0, 0.1) is 10.1 Å². The molecule has 0 radical (unpaired) electrons. The quantitative estimate of drug-likeness (QED) is 0.411. The summed E-state index contributed by atoms with van der Waals surface area (Å²) < 4.78 is 38.2. The standard InChI is InChI=1S/C23H19N3O7S/c27-23(32-15-16-8-2-1-3-9-16)25-19-12-6-4-10-17(19)20(14-24(28)29)26-22(25)18-11-5-7-13-21(18)33-34(26,30)31/h1-13,20,22H,14-15H2/t20-,22+/m0/s1. The number of nitrogens with zero attached hydrogens (tertiary/aromatic N) is 3. The first-order valence-electron chi connectivity index (χ1n) is 10.4. The van der Waals surface area contributed by atoms with Crippen molar-refractivity contribution in [3.05, 3.63) is 106 Å². The lowest BCUT2D eigenvalue weighted by molar-refractivity contribution is -0.487. The first-order valence-corrected chi connectivity index (χ1v) is 11.8. The van der Waals surface area contributed by atoms with Crippen LogP contribution in [0.5, 0.6) is 5.75 Å². The van der Waals surface area contributed by atoms with E-state index in [4.69, 9.17) is 8.92 Å². The number of amides is 1. The van der Waals surface area contributed by atoms with Crippen LogP contribution in [0.25, 0.3) is 0 Å². The third-order valence-corrected chi connectivity index (χ3v) is 7.08. The maximum Gasteiger partial charge on any atom is 0.416 e. The van der Waals surface area contributed by atoms with Gasteiger partial charge >= 0.3 is 16.4 Å². The van der Waals surface area contributed by atoms with Crippen LogP contribution in [0.2, 0.25) is 0 Å². The van der Waals surface area contributed by atoms with Crippen molar-refractivity contribution in [3.8, 4) is 5.75 Å². The summed E-state index contributed by atoms with van der Waals surface area (Å²) in [5.74, 6) is 0.0452. The molecule has 0 fully saturated rings. The van der Waals surface area contributed by atoms with E-state index in [2.05, 4.69) is 0 Å². The number of rotatable bonds is 4. The Morgan fingerprint density at radius 1 is 0.971 bits per heavy atom. The van der Waals surface area contributed by atoms with Crippen molar-refractivity contribution >= 4 is 22.1 Å². The molecule has 11 heteroatoms. The summed E-state index contributed by atoms with van der Waals surface area (Å²) in [6.45, 7) is -0.737. The number of fused-ring (bicyclic) bond motifs is 4. The Hall–Kier alpha value is -3.96. The van der Waals surface area contributed by atoms with E-state index < -0.39 is 40.1 Å². The van der Waals surface area contributed by atoms with Gasteiger partial charge in [0, 0.05) is 16.1 Å². The third kappa shape index (κ3) is 3.74. The summed E-state index contributed by atoms with van der Waals surface area (Å²) in [6, 6.07) is 20.7. The lowest BCUT2D eigenvalue weighted by atomic mass is 9.97. The van der Waals surface area contributed by atoms with Crippen LogP contribution >= 0.6 is 0 Å². The fourth-order valence-corrected chi connectivity index (χ4v) is 5.74. The molecule has 5 rings (SSSR count). The van der Waals surface area contributed by atoms with Crippen molar-refractivity contribution in [2.75, 3.05) is 11.4 Å². The van der Waals surface area contributed by atoms with Gasteiger partial charge in [0.15, 0.2) is 5.75 Å². The third-order valence-electron chi connectivity index (χ3n) is 5.72. The van der Waals surface area contributed by atoms with Crippen molar-refractivity contribution in [1.29, 1.82) is 0 Å². The van der Waals surface area contributed by atoms with Crippen molar-refractivity contribution in [2.45, 2.75) is 18.8 Å². The molecule has 1 amide bonds. The average molecular weight is 481 g/mol. The summed E-state index contributed by atoms with van der Waals surface area (Å²) in [5.41, 5.74) is 1.76. The Labute approximate surface area is 195 Å².